The van der Waals surface area contributed by atoms with E-state index in [2.05, 4.69) is 16.8 Å². The van der Waals surface area contributed by atoms with Gasteiger partial charge in [-0.15, -0.1) is 12.6 Å². The van der Waals surface area contributed by atoms with Crippen LogP contribution in [0.5, 0.6) is 0 Å². The molecule has 0 aliphatic heterocycles. The van der Waals surface area contributed by atoms with E-state index in [-0.39, 0.29) is 34.5 Å². The molecule has 3 nitrogen and oxygen atoms in total. The molecular formula is C13H13NaO3S3. The van der Waals surface area contributed by atoms with Gasteiger partial charge in [0.05, 0.1) is 12.0 Å². The Labute approximate surface area is 150 Å². The van der Waals surface area contributed by atoms with Gasteiger partial charge in [0.25, 0.3) is 10.1 Å². The first kappa shape index (κ1) is 18.1. The summed E-state index contributed by atoms with van der Waals surface area (Å²) < 4.78 is 27.8. The van der Waals surface area contributed by atoms with Crippen LogP contribution < -0.4 is 0 Å². The van der Waals surface area contributed by atoms with Gasteiger partial charge in [-0.2, -0.15) is 8.42 Å². The van der Waals surface area contributed by atoms with E-state index in [1.807, 2.05) is 30.3 Å². The van der Waals surface area contributed by atoms with E-state index in [9.17, 15) is 8.42 Å². The van der Waals surface area contributed by atoms with Gasteiger partial charge in [-0.1, -0.05) is 30.0 Å². The second-order valence-electron chi connectivity index (χ2n) is 3.67. The molecule has 7 heteroatoms. The van der Waals surface area contributed by atoms with Crippen LogP contribution in [0.15, 0.2) is 68.1 Å². The van der Waals surface area contributed by atoms with Crippen LogP contribution in [0.2, 0.25) is 0 Å². The van der Waals surface area contributed by atoms with Gasteiger partial charge in [-0.3, -0.25) is 4.18 Å². The van der Waals surface area contributed by atoms with E-state index in [0.717, 1.165) is 21.8 Å². The van der Waals surface area contributed by atoms with Crippen molar-refractivity contribution in [2.24, 2.45) is 0 Å². The molecule has 0 radical (unpaired) electrons. The number of hydrogen-bond acceptors (Lipinski definition) is 5. The van der Waals surface area contributed by atoms with Crippen LogP contribution >= 0.6 is 24.4 Å². The molecule has 0 aliphatic carbocycles. The maximum atomic E-state index is 11.7. The Morgan fingerprint density at radius 2 is 1.75 bits per heavy atom. The molecule has 0 spiro atoms. The first-order valence-electron chi connectivity index (χ1n) is 5.39. The van der Waals surface area contributed by atoms with Gasteiger partial charge in [0.2, 0.25) is 0 Å². The summed E-state index contributed by atoms with van der Waals surface area (Å²) in [7, 11) is -2.53. The topological polar surface area (TPSA) is 43.4 Å². The first-order chi connectivity index (χ1) is 9.03. The summed E-state index contributed by atoms with van der Waals surface area (Å²) in [5.41, 5.74) is 0. The second-order valence-corrected chi connectivity index (χ2v) is 6.98. The molecule has 0 N–H and O–H groups in total. The summed E-state index contributed by atoms with van der Waals surface area (Å²) in [6.07, 6.45) is 0. The standard InChI is InChI=1S/C13H12O3S3.Na.H/c1-16-19(14,15)11-7-8-12(17)13(9-11)18-10-5-3-2-4-6-10;;/h2-9,17H,1H3;;. The summed E-state index contributed by atoms with van der Waals surface area (Å²) in [4.78, 5) is 2.65. The second kappa shape index (κ2) is 7.89. The number of thiol groups is 1. The summed E-state index contributed by atoms with van der Waals surface area (Å²) in [6.45, 7) is 0. The zero-order valence-corrected chi connectivity index (χ0v) is 12.6. The zero-order chi connectivity index (χ0) is 13.9. The molecule has 0 heterocycles. The molecule has 20 heavy (non-hydrogen) atoms. The van der Waals surface area contributed by atoms with E-state index in [4.69, 9.17) is 0 Å². The van der Waals surface area contributed by atoms with Gasteiger partial charge >= 0.3 is 29.6 Å². The molecule has 2 aromatic rings. The van der Waals surface area contributed by atoms with Gasteiger partial charge in [0, 0.05) is 14.7 Å². The predicted octanol–water partition coefficient (Wildman–Crippen LogP) is 2.81. The van der Waals surface area contributed by atoms with Crippen LogP contribution in [0, 0.1) is 0 Å². The van der Waals surface area contributed by atoms with Crippen molar-refractivity contribution in [3.63, 3.8) is 0 Å². The van der Waals surface area contributed by atoms with Gasteiger partial charge in [-0.05, 0) is 30.3 Å². The third-order valence-electron chi connectivity index (χ3n) is 2.41. The van der Waals surface area contributed by atoms with Crippen LogP contribution in [0.4, 0.5) is 0 Å². The fourth-order valence-corrected chi connectivity index (χ4v) is 3.39. The van der Waals surface area contributed by atoms with Crippen LogP contribution in [-0.4, -0.2) is 45.1 Å². The van der Waals surface area contributed by atoms with Crippen molar-refractivity contribution in [1.29, 1.82) is 0 Å². The number of benzene rings is 2. The minimum atomic E-state index is -3.68. The first-order valence-corrected chi connectivity index (χ1v) is 8.06. The molecule has 0 saturated heterocycles. The van der Waals surface area contributed by atoms with Crippen molar-refractivity contribution in [3.05, 3.63) is 48.5 Å². The summed E-state index contributed by atoms with van der Waals surface area (Å²) in [5.74, 6) is 0. The van der Waals surface area contributed by atoms with Crippen molar-refractivity contribution < 1.29 is 12.6 Å². The number of rotatable bonds is 4. The zero-order valence-electron chi connectivity index (χ0n) is 10.1. The van der Waals surface area contributed by atoms with Crippen molar-refractivity contribution >= 4 is 64.1 Å². The molecule has 0 bridgehead atoms. The fraction of sp³-hybridized carbons (Fsp3) is 0.0769. The Kier molecular flexibility index (Phi) is 7.14. The minimum absolute atomic E-state index is 0. The Balaban J connectivity index is 0.00000200. The molecule has 0 atom stereocenters. The fourth-order valence-electron chi connectivity index (χ4n) is 1.44. The average molecular weight is 336 g/mol. The molecular weight excluding hydrogens is 323 g/mol. The third-order valence-corrected chi connectivity index (χ3v) is 5.29. The van der Waals surface area contributed by atoms with Crippen molar-refractivity contribution in [1.82, 2.24) is 0 Å². The average Bonchev–Trinajstić information content (AvgIpc) is 2.42. The SMILES string of the molecule is COS(=O)(=O)c1ccc(S)c(Sc2ccccc2)c1.[NaH]. The van der Waals surface area contributed by atoms with E-state index < -0.39 is 10.1 Å². The molecule has 2 rings (SSSR count). The van der Waals surface area contributed by atoms with Crippen molar-refractivity contribution in [3.8, 4) is 0 Å². The van der Waals surface area contributed by atoms with E-state index in [1.165, 1.54) is 17.8 Å². The van der Waals surface area contributed by atoms with Crippen LogP contribution in [0.3, 0.4) is 0 Å². The predicted molar refractivity (Wildman–Crippen MR) is 85.6 cm³/mol. The molecule has 102 valence electrons. The van der Waals surface area contributed by atoms with E-state index >= 15 is 0 Å². The molecule has 0 fully saturated rings. The summed E-state index contributed by atoms with van der Waals surface area (Å²) in [6, 6.07) is 14.4. The summed E-state index contributed by atoms with van der Waals surface area (Å²) >= 11 is 5.80. The molecule has 0 aromatic heterocycles. The van der Waals surface area contributed by atoms with E-state index in [0.29, 0.717) is 0 Å². The van der Waals surface area contributed by atoms with Crippen LogP contribution in [0.25, 0.3) is 0 Å². The van der Waals surface area contributed by atoms with Gasteiger partial charge in [-0.25, -0.2) is 0 Å². The Morgan fingerprint density at radius 1 is 1.10 bits per heavy atom. The van der Waals surface area contributed by atoms with Gasteiger partial charge in [0.15, 0.2) is 0 Å². The van der Waals surface area contributed by atoms with Crippen LogP contribution in [-0.2, 0) is 14.3 Å². The Morgan fingerprint density at radius 3 is 2.35 bits per heavy atom. The van der Waals surface area contributed by atoms with Gasteiger partial charge < -0.3 is 0 Å². The molecule has 0 unspecified atom stereocenters. The number of hydrogen-bond donors (Lipinski definition) is 1. The third kappa shape index (κ3) is 4.53. The molecule has 0 amide bonds. The maximum absolute atomic E-state index is 11.7. The monoisotopic (exact) mass is 336 g/mol. The normalized spacial score (nSPS) is 10.9. The summed E-state index contributed by atoms with van der Waals surface area (Å²) in [5, 5.41) is 0. The van der Waals surface area contributed by atoms with Gasteiger partial charge in [0.1, 0.15) is 0 Å². The van der Waals surface area contributed by atoms with Crippen LogP contribution in [0.1, 0.15) is 0 Å². The molecule has 0 aliphatic rings. The van der Waals surface area contributed by atoms with E-state index in [1.54, 1.807) is 12.1 Å². The Bertz CT molecular complexity index is 673. The Hall–Kier alpha value is 0.0500. The molecule has 0 saturated carbocycles. The quantitative estimate of drug-likeness (QED) is 0.530. The van der Waals surface area contributed by atoms with Crippen molar-refractivity contribution in [2.75, 3.05) is 7.11 Å². The molecule has 2 aromatic carbocycles. The van der Waals surface area contributed by atoms with Crippen molar-refractivity contribution in [2.45, 2.75) is 19.6 Å².